The summed E-state index contributed by atoms with van der Waals surface area (Å²) in [4.78, 5) is 12.7. The van der Waals surface area contributed by atoms with Crippen LogP contribution in [0.15, 0.2) is 24.3 Å². The summed E-state index contributed by atoms with van der Waals surface area (Å²) in [7, 11) is 0. The lowest BCUT2D eigenvalue weighted by atomic mass is 9.53. The second-order valence-electron chi connectivity index (χ2n) is 7.78. The predicted molar refractivity (Wildman–Crippen MR) is 92.0 cm³/mol. The van der Waals surface area contributed by atoms with E-state index in [4.69, 9.17) is 0 Å². The van der Waals surface area contributed by atoms with Gasteiger partial charge in [-0.2, -0.15) is 11.8 Å². The molecule has 0 unspecified atom stereocenters. The summed E-state index contributed by atoms with van der Waals surface area (Å²) in [6.45, 7) is 0. The Kier molecular flexibility index (Phi) is 3.72. The summed E-state index contributed by atoms with van der Waals surface area (Å²) in [5.41, 5.74) is 2.23. The standard InChI is InChI=1S/C19H25NOS/c1-22-12-13-2-4-17(5-3-13)18(21)20-19-9-14-6-15(10-19)8-16(7-14)11-19/h2-5,14-16H,6-12H2,1H3,(H,20,21). The van der Waals surface area contributed by atoms with Crippen LogP contribution >= 0.6 is 11.8 Å². The van der Waals surface area contributed by atoms with Gasteiger partial charge in [0.25, 0.3) is 5.91 Å². The van der Waals surface area contributed by atoms with Crippen LogP contribution in [0.5, 0.6) is 0 Å². The lowest BCUT2D eigenvalue weighted by Crippen LogP contribution is -2.59. The number of carbonyl (C=O) groups is 1. The van der Waals surface area contributed by atoms with Crippen molar-refractivity contribution in [3.8, 4) is 0 Å². The van der Waals surface area contributed by atoms with Crippen LogP contribution in [0.1, 0.15) is 54.4 Å². The van der Waals surface area contributed by atoms with E-state index in [2.05, 4.69) is 23.7 Å². The molecule has 0 aromatic heterocycles. The number of nitrogens with one attached hydrogen (secondary N) is 1. The molecule has 3 heteroatoms. The first-order valence-corrected chi connectivity index (χ1v) is 9.95. The summed E-state index contributed by atoms with van der Waals surface area (Å²) in [5.74, 6) is 3.76. The van der Waals surface area contributed by atoms with E-state index >= 15 is 0 Å². The third-order valence-electron chi connectivity index (χ3n) is 5.94. The van der Waals surface area contributed by atoms with Crippen LogP contribution < -0.4 is 5.32 Å². The average molecular weight is 315 g/mol. The number of amides is 1. The topological polar surface area (TPSA) is 29.1 Å². The quantitative estimate of drug-likeness (QED) is 0.900. The second-order valence-corrected chi connectivity index (χ2v) is 8.65. The lowest BCUT2D eigenvalue weighted by molar-refractivity contribution is -0.0167. The Balaban J connectivity index is 1.47. The van der Waals surface area contributed by atoms with Crippen LogP contribution in [0.4, 0.5) is 0 Å². The van der Waals surface area contributed by atoms with Crippen molar-refractivity contribution in [1.29, 1.82) is 0 Å². The van der Waals surface area contributed by atoms with Crippen molar-refractivity contribution < 1.29 is 4.79 Å². The molecule has 1 aromatic carbocycles. The highest BCUT2D eigenvalue weighted by Gasteiger charge is 2.51. The van der Waals surface area contributed by atoms with Crippen LogP contribution in [0.25, 0.3) is 0 Å². The summed E-state index contributed by atoms with van der Waals surface area (Å²) in [5, 5.41) is 3.45. The molecule has 1 amide bonds. The molecule has 4 bridgehead atoms. The molecule has 4 aliphatic carbocycles. The highest BCUT2D eigenvalue weighted by atomic mass is 32.2. The molecule has 4 fully saturated rings. The minimum Gasteiger partial charge on any atom is -0.347 e. The van der Waals surface area contributed by atoms with E-state index in [0.29, 0.717) is 0 Å². The second kappa shape index (κ2) is 5.59. The normalized spacial score (nSPS) is 35.6. The molecule has 4 saturated carbocycles. The van der Waals surface area contributed by atoms with E-state index in [1.54, 1.807) is 0 Å². The fourth-order valence-electron chi connectivity index (χ4n) is 5.50. The molecule has 0 saturated heterocycles. The minimum atomic E-state index is 0.115. The van der Waals surface area contributed by atoms with E-state index in [-0.39, 0.29) is 11.4 Å². The van der Waals surface area contributed by atoms with Gasteiger partial charge in [-0.15, -0.1) is 0 Å². The van der Waals surface area contributed by atoms with Crippen molar-refractivity contribution in [2.75, 3.05) is 6.26 Å². The van der Waals surface area contributed by atoms with Gasteiger partial charge in [-0.05, 0) is 80.2 Å². The summed E-state index contributed by atoms with van der Waals surface area (Å²) in [6, 6.07) is 8.15. The molecule has 118 valence electrons. The van der Waals surface area contributed by atoms with Crippen molar-refractivity contribution >= 4 is 17.7 Å². The smallest absolute Gasteiger partial charge is 0.251 e. The largest absolute Gasteiger partial charge is 0.347 e. The minimum absolute atomic E-state index is 0.115. The highest BCUT2D eigenvalue weighted by molar-refractivity contribution is 7.97. The molecule has 0 heterocycles. The summed E-state index contributed by atoms with van der Waals surface area (Å²) in [6.07, 6.45) is 10.0. The predicted octanol–water partition coefficient (Wildman–Crippen LogP) is 4.25. The van der Waals surface area contributed by atoms with Crippen molar-refractivity contribution in [3.05, 3.63) is 35.4 Å². The van der Waals surface area contributed by atoms with E-state index in [1.807, 2.05) is 23.9 Å². The van der Waals surface area contributed by atoms with E-state index < -0.39 is 0 Å². The van der Waals surface area contributed by atoms with Gasteiger partial charge < -0.3 is 5.32 Å². The molecule has 1 N–H and O–H groups in total. The number of carbonyl (C=O) groups excluding carboxylic acids is 1. The third-order valence-corrected chi connectivity index (χ3v) is 6.57. The highest BCUT2D eigenvalue weighted by Crippen LogP contribution is 2.55. The molecule has 0 atom stereocenters. The van der Waals surface area contributed by atoms with Crippen LogP contribution in [0, 0.1) is 17.8 Å². The first kappa shape index (κ1) is 14.6. The van der Waals surface area contributed by atoms with Gasteiger partial charge >= 0.3 is 0 Å². The molecule has 2 nitrogen and oxygen atoms in total. The summed E-state index contributed by atoms with van der Waals surface area (Å²) < 4.78 is 0. The first-order valence-electron chi connectivity index (χ1n) is 8.56. The number of hydrogen-bond acceptors (Lipinski definition) is 2. The maximum absolute atomic E-state index is 12.7. The van der Waals surface area contributed by atoms with Gasteiger partial charge in [0.1, 0.15) is 0 Å². The first-order chi connectivity index (χ1) is 10.7. The van der Waals surface area contributed by atoms with Crippen LogP contribution in [-0.2, 0) is 5.75 Å². The van der Waals surface area contributed by atoms with Crippen molar-refractivity contribution in [3.63, 3.8) is 0 Å². The van der Waals surface area contributed by atoms with E-state index in [1.165, 1.54) is 44.1 Å². The van der Waals surface area contributed by atoms with Crippen molar-refractivity contribution in [1.82, 2.24) is 5.32 Å². The molecule has 0 spiro atoms. The van der Waals surface area contributed by atoms with E-state index in [9.17, 15) is 4.79 Å². The van der Waals surface area contributed by atoms with Gasteiger partial charge in [0.15, 0.2) is 0 Å². The monoisotopic (exact) mass is 315 g/mol. The molecular weight excluding hydrogens is 290 g/mol. The van der Waals surface area contributed by atoms with Gasteiger partial charge in [0.2, 0.25) is 0 Å². The lowest BCUT2D eigenvalue weighted by Gasteiger charge is -2.56. The van der Waals surface area contributed by atoms with Crippen LogP contribution in [0.3, 0.4) is 0 Å². The fraction of sp³-hybridized carbons (Fsp3) is 0.632. The van der Waals surface area contributed by atoms with Gasteiger partial charge in [0.05, 0.1) is 0 Å². The number of thioether (sulfide) groups is 1. The zero-order valence-corrected chi connectivity index (χ0v) is 14.1. The van der Waals surface area contributed by atoms with Crippen LogP contribution in [-0.4, -0.2) is 17.7 Å². The molecule has 0 radical (unpaired) electrons. The zero-order valence-electron chi connectivity index (χ0n) is 13.3. The number of rotatable bonds is 4. The Morgan fingerprint density at radius 1 is 1.09 bits per heavy atom. The van der Waals surface area contributed by atoms with Gasteiger partial charge in [-0.3, -0.25) is 4.79 Å². The molecular formula is C19H25NOS. The number of hydrogen-bond donors (Lipinski definition) is 1. The van der Waals surface area contributed by atoms with Gasteiger partial charge in [0, 0.05) is 16.9 Å². The Morgan fingerprint density at radius 2 is 1.64 bits per heavy atom. The maximum atomic E-state index is 12.7. The molecule has 4 aliphatic rings. The van der Waals surface area contributed by atoms with Crippen LogP contribution in [0.2, 0.25) is 0 Å². The van der Waals surface area contributed by atoms with Gasteiger partial charge in [-0.1, -0.05) is 12.1 Å². The molecule has 0 aliphatic heterocycles. The van der Waals surface area contributed by atoms with Gasteiger partial charge in [-0.25, -0.2) is 0 Å². The molecule has 1 aromatic rings. The summed E-state index contributed by atoms with van der Waals surface area (Å²) >= 11 is 1.81. The molecule has 22 heavy (non-hydrogen) atoms. The Hall–Kier alpha value is -0.960. The fourth-order valence-corrected chi connectivity index (χ4v) is 6.02. The van der Waals surface area contributed by atoms with E-state index in [0.717, 1.165) is 29.1 Å². The number of benzene rings is 1. The third kappa shape index (κ3) is 2.68. The van der Waals surface area contributed by atoms with Crippen molar-refractivity contribution in [2.45, 2.75) is 49.8 Å². The Morgan fingerprint density at radius 3 is 2.14 bits per heavy atom. The van der Waals surface area contributed by atoms with Crippen molar-refractivity contribution in [2.24, 2.45) is 17.8 Å². The molecule has 5 rings (SSSR count). The SMILES string of the molecule is CSCc1ccc(C(=O)NC23CC4CC(CC(C4)C2)C3)cc1. The Labute approximate surface area is 137 Å². The average Bonchev–Trinajstić information content (AvgIpc) is 2.46. The Bertz CT molecular complexity index is 530. The maximum Gasteiger partial charge on any atom is 0.251 e. The zero-order chi connectivity index (χ0) is 15.2.